The van der Waals surface area contributed by atoms with Gasteiger partial charge in [0.1, 0.15) is 6.54 Å². The van der Waals surface area contributed by atoms with Crippen LogP contribution in [0.4, 0.5) is 5.69 Å². The number of nitrogens with one attached hydrogen (secondary N) is 1. The predicted octanol–water partition coefficient (Wildman–Crippen LogP) is 4.53. The summed E-state index contributed by atoms with van der Waals surface area (Å²) < 4.78 is 43.9. The van der Waals surface area contributed by atoms with E-state index in [4.69, 9.17) is 37.4 Å². The molecule has 0 aliphatic rings. The molecule has 0 saturated heterocycles. The van der Waals surface area contributed by atoms with Gasteiger partial charge in [0.05, 0.1) is 42.0 Å². The van der Waals surface area contributed by atoms with Crippen molar-refractivity contribution in [3.05, 3.63) is 76.3 Å². The first-order valence-corrected chi connectivity index (χ1v) is 12.5. The first-order valence-electron chi connectivity index (χ1n) is 10.3. The Kier molecular flexibility index (Phi) is 8.71. The maximum Gasteiger partial charge on any atom is 0.264 e. The second kappa shape index (κ2) is 11.5. The molecule has 3 rings (SSSR count). The quantitative estimate of drug-likeness (QED) is 0.407. The Morgan fingerprint density at radius 2 is 1.57 bits per heavy atom. The molecule has 0 radical (unpaired) electrons. The molecule has 35 heavy (non-hydrogen) atoms. The molecule has 0 aromatic heterocycles. The van der Waals surface area contributed by atoms with Crippen LogP contribution in [0.1, 0.15) is 5.56 Å². The average Bonchev–Trinajstić information content (AvgIpc) is 2.87. The lowest BCUT2D eigenvalue weighted by Gasteiger charge is -2.25. The lowest BCUT2D eigenvalue weighted by atomic mass is 10.1. The van der Waals surface area contributed by atoms with Crippen molar-refractivity contribution < 1.29 is 27.4 Å². The van der Waals surface area contributed by atoms with Gasteiger partial charge >= 0.3 is 0 Å². The predicted molar refractivity (Wildman–Crippen MR) is 135 cm³/mol. The van der Waals surface area contributed by atoms with Crippen molar-refractivity contribution in [2.75, 3.05) is 32.2 Å². The highest BCUT2D eigenvalue weighted by Crippen LogP contribution is 2.40. The van der Waals surface area contributed by atoms with E-state index in [2.05, 4.69) is 5.32 Å². The molecule has 3 aromatic rings. The van der Waals surface area contributed by atoms with E-state index in [0.717, 1.165) is 4.31 Å². The van der Waals surface area contributed by atoms with Gasteiger partial charge in [-0.05, 0) is 36.4 Å². The summed E-state index contributed by atoms with van der Waals surface area (Å²) in [7, 11) is 0.312. The maximum atomic E-state index is 13.5. The highest BCUT2D eigenvalue weighted by Gasteiger charge is 2.29. The number of rotatable bonds is 10. The van der Waals surface area contributed by atoms with Crippen LogP contribution in [-0.2, 0) is 21.4 Å². The van der Waals surface area contributed by atoms with Gasteiger partial charge in [0.25, 0.3) is 10.0 Å². The molecule has 1 N–H and O–H groups in total. The van der Waals surface area contributed by atoms with Gasteiger partial charge in [-0.1, -0.05) is 47.5 Å². The lowest BCUT2D eigenvalue weighted by molar-refractivity contribution is -0.119. The van der Waals surface area contributed by atoms with Crippen LogP contribution in [0.5, 0.6) is 17.2 Å². The smallest absolute Gasteiger partial charge is 0.264 e. The van der Waals surface area contributed by atoms with Crippen molar-refractivity contribution in [1.29, 1.82) is 0 Å². The van der Waals surface area contributed by atoms with E-state index < -0.39 is 22.5 Å². The van der Waals surface area contributed by atoms with Crippen molar-refractivity contribution in [2.24, 2.45) is 0 Å². The Hall–Kier alpha value is -3.14. The fraction of sp³-hybridized carbons (Fsp3) is 0.208. The lowest BCUT2D eigenvalue weighted by Crippen LogP contribution is -2.40. The molecule has 0 spiro atoms. The summed E-state index contributed by atoms with van der Waals surface area (Å²) in [5, 5.41) is 2.90. The number of methoxy groups -OCH3 is 3. The number of benzene rings is 3. The maximum absolute atomic E-state index is 13.5. The van der Waals surface area contributed by atoms with Crippen molar-refractivity contribution >= 4 is 44.8 Å². The van der Waals surface area contributed by atoms with Gasteiger partial charge in [-0.2, -0.15) is 0 Å². The number of ether oxygens (including phenoxy) is 3. The van der Waals surface area contributed by atoms with Crippen LogP contribution in [0.3, 0.4) is 0 Å². The van der Waals surface area contributed by atoms with Crippen LogP contribution in [0, 0.1) is 0 Å². The number of hydrogen-bond donors (Lipinski definition) is 1. The molecule has 3 aromatic carbocycles. The van der Waals surface area contributed by atoms with Gasteiger partial charge in [-0.15, -0.1) is 0 Å². The zero-order valence-corrected chi connectivity index (χ0v) is 21.6. The molecule has 11 heteroatoms. The van der Waals surface area contributed by atoms with Gasteiger partial charge in [0, 0.05) is 12.1 Å². The van der Waals surface area contributed by atoms with E-state index >= 15 is 0 Å². The van der Waals surface area contributed by atoms with Crippen LogP contribution in [0.15, 0.2) is 65.6 Å². The number of nitrogens with zero attached hydrogens (tertiary/aromatic N) is 1. The number of halogens is 2. The monoisotopic (exact) mass is 538 g/mol. The minimum absolute atomic E-state index is 0.00500. The molecule has 0 saturated carbocycles. The Balaban J connectivity index is 1.91. The summed E-state index contributed by atoms with van der Waals surface area (Å²) in [6.45, 7) is -0.488. The van der Waals surface area contributed by atoms with Crippen molar-refractivity contribution in [3.8, 4) is 17.2 Å². The highest BCUT2D eigenvalue weighted by atomic mass is 35.5. The number of anilines is 1. The molecule has 0 atom stereocenters. The van der Waals surface area contributed by atoms with Crippen molar-refractivity contribution in [2.45, 2.75) is 11.4 Å². The number of sulfonamides is 1. The van der Waals surface area contributed by atoms with Crippen molar-refractivity contribution in [3.63, 3.8) is 0 Å². The Labute approximate surface area is 214 Å². The number of hydrogen-bond acceptors (Lipinski definition) is 6. The zero-order valence-electron chi connectivity index (χ0n) is 19.2. The fourth-order valence-corrected chi connectivity index (χ4v) is 5.29. The minimum atomic E-state index is -4.14. The molecule has 0 bridgehead atoms. The third-order valence-corrected chi connectivity index (χ3v) is 7.66. The van der Waals surface area contributed by atoms with Gasteiger partial charge in [0.15, 0.2) is 11.5 Å². The molecule has 0 aliphatic heterocycles. The second-order valence-electron chi connectivity index (χ2n) is 7.17. The molecule has 186 valence electrons. The largest absolute Gasteiger partial charge is 0.493 e. The van der Waals surface area contributed by atoms with Crippen LogP contribution >= 0.6 is 23.2 Å². The van der Waals surface area contributed by atoms with Crippen LogP contribution in [0.25, 0.3) is 0 Å². The van der Waals surface area contributed by atoms with E-state index in [1.54, 1.807) is 36.4 Å². The fourth-order valence-electron chi connectivity index (χ4n) is 3.39. The zero-order chi connectivity index (χ0) is 25.6. The Morgan fingerprint density at radius 3 is 2.20 bits per heavy atom. The average molecular weight is 539 g/mol. The van der Waals surface area contributed by atoms with Crippen LogP contribution < -0.4 is 23.8 Å². The number of amides is 1. The molecule has 8 nitrogen and oxygen atoms in total. The Bertz CT molecular complexity index is 1300. The third kappa shape index (κ3) is 5.75. The van der Waals surface area contributed by atoms with Crippen LogP contribution in [0.2, 0.25) is 10.0 Å². The van der Waals surface area contributed by atoms with E-state index in [1.807, 2.05) is 0 Å². The highest BCUT2D eigenvalue weighted by molar-refractivity contribution is 7.92. The summed E-state index contributed by atoms with van der Waals surface area (Å²) in [6, 6.07) is 15.7. The minimum Gasteiger partial charge on any atom is -0.493 e. The summed E-state index contributed by atoms with van der Waals surface area (Å²) in [4.78, 5) is 13.0. The normalized spacial score (nSPS) is 11.0. The Morgan fingerprint density at radius 1 is 0.886 bits per heavy atom. The van der Waals surface area contributed by atoms with Crippen LogP contribution in [-0.4, -0.2) is 42.2 Å². The summed E-state index contributed by atoms with van der Waals surface area (Å²) in [5.41, 5.74) is 0.693. The second-order valence-corrected chi connectivity index (χ2v) is 9.82. The topological polar surface area (TPSA) is 94.2 Å². The first-order chi connectivity index (χ1) is 16.7. The number of carbonyl (C=O) groups is 1. The van der Waals surface area contributed by atoms with E-state index in [1.165, 1.54) is 45.6 Å². The third-order valence-electron chi connectivity index (χ3n) is 5.08. The first kappa shape index (κ1) is 26.5. The summed E-state index contributed by atoms with van der Waals surface area (Å²) in [6.07, 6.45) is 0. The van der Waals surface area contributed by atoms with E-state index in [9.17, 15) is 13.2 Å². The summed E-state index contributed by atoms with van der Waals surface area (Å²) in [5.74, 6) is 0.659. The molecule has 1 amide bonds. The SMILES string of the molecule is COc1ccc(CNC(=O)CN(c2cccc(Cl)c2Cl)S(=O)(=O)c2ccccc2)c(OC)c1OC. The molecule has 0 aliphatic carbocycles. The molecule has 0 unspecified atom stereocenters. The molecular weight excluding hydrogens is 515 g/mol. The molecule has 0 fully saturated rings. The van der Waals surface area contributed by atoms with Gasteiger partial charge < -0.3 is 19.5 Å². The van der Waals surface area contributed by atoms with Gasteiger partial charge in [0.2, 0.25) is 11.7 Å². The standard InChI is InChI=1S/C24H24Cl2N2O6S/c1-32-20-13-12-16(23(33-2)24(20)34-3)14-27-21(29)15-28(19-11-7-10-18(25)22(19)26)35(30,31)17-8-5-4-6-9-17/h4-13H,14-15H2,1-3H3,(H,27,29). The van der Waals surface area contributed by atoms with Gasteiger partial charge in [-0.25, -0.2) is 8.42 Å². The van der Waals surface area contributed by atoms with E-state index in [0.29, 0.717) is 22.8 Å². The van der Waals surface area contributed by atoms with E-state index in [-0.39, 0.29) is 27.2 Å². The van der Waals surface area contributed by atoms with Crippen molar-refractivity contribution in [1.82, 2.24) is 5.32 Å². The van der Waals surface area contributed by atoms with Gasteiger partial charge in [-0.3, -0.25) is 9.10 Å². The molecule has 0 heterocycles. The molecular formula is C24H24Cl2N2O6S. The summed E-state index contributed by atoms with van der Waals surface area (Å²) >= 11 is 12.5. The number of carbonyl (C=O) groups excluding carboxylic acids is 1.